The fourth-order valence-electron chi connectivity index (χ4n) is 2.56. The third-order valence-corrected chi connectivity index (χ3v) is 3.71. The van der Waals surface area contributed by atoms with E-state index < -0.39 is 0 Å². The monoisotopic (exact) mass is 300 g/mol. The zero-order chi connectivity index (χ0) is 15.5. The molecule has 0 saturated heterocycles. The predicted molar refractivity (Wildman–Crippen MR) is 90.7 cm³/mol. The number of rotatable bonds is 4. The Labute approximate surface area is 134 Å². The molecule has 0 fully saturated rings. The van der Waals surface area contributed by atoms with Crippen molar-refractivity contribution in [1.29, 1.82) is 0 Å². The number of aromatic nitrogens is 4. The fraction of sp³-hybridized carbons (Fsp3) is 0.0526. The van der Waals surface area contributed by atoms with E-state index >= 15 is 0 Å². The van der Waals surface area contributed by atoms with Crippen LogP contribution < -0.4 is 0 Å². The van der Waals surface area contributed by atoms with Gasteiger partial charge in [-0.2, -0.15) is 10.2 Å². The van der Waals surface area contributed by atoms with Crippen molar-refractivity contribution < 1.29 is 0 Å². The first-order valence-electron chi connectivity index (χ1n) is 7.56. The van der Waals surface area contributed by atoms with Gasteiger partial charge in [-0.15, -0.1) is 0 Å². The summed E-state index contributed by atoms with van der Waals surface area (Å²) in [7, 11) is 0. The van der Waals surface area contributed by atoms with Gasteiger partial charge in [0.05, 0.1) is 11.4 Å². The molecule has 2 aromatic heterocycles. The smallest absolute Gasteiger partial charge is 0.133 e. The summed E-state index contributed by atoms with van der Waals surface area (Å²) in [6.45, 7) is 0.597. The van der Waals surface area contributed by atoms with Crippen LogP contribution >= 0.6 is 0 Å². The number of benzene rings is 2. The Morgan fingerprint density at radius 3 is 1.43 bits per heavy atom. The summed E-state index contributed by atoms with van der Waals surface area (Å²) in [5.41, 5.74) is 4.19. The Hall–Kier alpha value is -3.14. The van der Waals surface area contributed by atoms with Gasteiger partial charge in [-0.1, -0.05) is 60.7 Å². The molecule has 112 valence electrons. The Kier molecular flexibility index (Phi) is 3.48. The van der Waals surface area contributed by atoms with Gasteiger partial charge in [0, 0.05) is 23.5 Å². The van der Waals surface area contributed by atoms with Gasteiger partial charge in [0.15, 0.2) is 0 Å². The third kappa shape index (κ3) is 2.92. The minimum atomic E-state index is 0.597. The molecule has 2 aromatic carbocycles. The first-order chi connectivity index (χ1) is 11.4. The normalized spacial score (nSPS) is 10.8. The van der Waals surface area contributed by atoms with Crippen molar-refractivity contribution >= 4 is 0 Å². The van der Waals surface area contributed by atoms with Gasteiger partial charge in [-0.05, 0) is 12.1 Å². The lowest BCUT2D eigenvalue weighted by Crippen LogP contribution is -2.09. The highest BCUT2D eigenvalue weighted by atomic mass is 15.4. The molecule has 2 heterocycles. The Balaban J connectivity index is 1.53. The molecule has 0 spiro atoms. The van der Waals surface area contributed by atoms with Crippen molar-refractivity contribution in [3.63, 3.8) is 0 Å². The summed E-state index contributed by atoms with van der Waals surface area (Å²) in [6.07, 6.45) is 3.96. The summed E-state index contributed by atoms with van der Waals surface area (Å²) >= 11 is 0. The maximum atomic E-state index is 4.61. The fourth-order valence-corrected chi connectivity index (χ4v) is 2.56. The molecular formula is C19H16N4. The van der Waals surface area contributed by atoms with E-state index in [0.717, 1.165) is 22.5 Å². The van der Waals surface area contributed by atoms with Gasteiger partial charge in [0.25, 0.3) is 0 Å². The second-order valence-corrected chi connectivity index (χ2v) is 5.35. The molecule has 23 heavy (non-hydrogen) atoms. The van der Waals surface area contributed by atoms with Gasteiger partial charge in [0.2, 0.25) is 0 Å². The van der Waals surface area contributed by atoms with Crippen LogP contribution in [0.2, 0.25) is 0 Å². The van der Waals surface area contributed by atoms with Gasteiger partial charge in [-0.3, -0.25) is 9.36 Å². The van der Waals surface area contributed by atoms with E-state index in [-0.39, 0.29) is 0 Å². The van der Waals surface area contributed by atoms with E-state index in [4.69, 9.17) is 0 Å². The quantitative estimate of drug-likeness (QED) is 0.572. The standard InChI is InChI=1S/C19H16N4/c1-3-7-16(8-4-1)18-11-13-22(20-18)15-23-14-12-19(21-23)17-9-5-2-6-10-17/h1-14H,15H2. The van der Waals surface area contributed by atoms with Crippen molar-refractivity contribution in [1.82, 2.24) is 19.6 Å². The lowest BCUT2D eigenvalue weighted by Gasteiger charge is -2.02. The third-order valence-electron chi connectivity index (χ3n) is 3.71. The molecule has 0 bridgehead atoms. The summed E-state index contributed by atoms with van der Waals surface area (Å²) in [5, 5.41) is 9.23. The zero-order valence-corrected chi connectivity index (χ0v) is 12.6. The second-order valence-electron chi connectivity index (χ2n) is 5.35. The summed E-state index contributed by atoms with van der Waals surface area (Å²) in [6, 6.07) is 24.4. The summed E-state index contributed by atoms with van der Waals surface area (Å²) in [4.78, 5) is 0. The molecule has 0 N–H and O–H groups in total. The molecule has 4 nitrogen and oxygen atoms in total. The van der Waals surface area contributed by atoms with Crippen LogP contribution in [-0.4, -0.2) is 19.6 Å². The Bertz CT molecular complexity index is 816. The molecule has 0 saturated carbocycles. The molecule has 0 aliphatic carbocycles. The minimum absolute atomic E-state index is 0.597. The van der Waals surface area contributed by atoms with Gasteiger partial charge >= 0.3 is 0 Å². The van der Waals surface area contributed by atoms with E-state index in [1.807, 2.05) is 70.3 Å². The molecule has 0 radical (unpaired) electrons. The van der Waals surface area contributed by atoms with Gasteiger partial charge < -0.3 is 0 Å². The predicted octanol–water partition coefficient (Wildman–Crippen LogP) is 3.92. The van der Waals surface area contributed by atoms with Crippen LogP contribution in [0.1, 0.15) is 0 Å². The molecule has 0 aliphatic rings. The minimum Gasteiger partial charge on any atom is -0.250 e. The molecular weight excluding hydrogens is 284 g/mol. The topological polar surface area (TPSA) is 35.6 Å². The highest BCUT2D eigenvalue weighted by Crippen LogP contribution is 2.17. The second kappa shape index (κ2) is 5.93. The lowest BCUT2D eigenvalue weighted by atomic mass is 10.2. The first-order valence-corrected chi connectivity index (χ1v) is 7.56. The van der Waals surface area contributed by atoms with Crippen LogP contribution in [0, 0.1) is 0 Å². The number of hydrogen-bond donors (Lipinski definition) is 0. The summed E-state index contributed by atoms with van der Waals surface area (Å²) in [5.74, 6) is 0. The molecule has 0 unspecified atom stereocenters. The van der Waals surface area contributed by atoms with Gasteiger partial charge in [-0.25, -0.2) is 0 Å². The Morgan fingerprint density at radius 2 is 1.00 bits per heavy atom. The van der Waals surface area contributed by atoms with Crippen molar-refractivity contribution in [2.24, 2.45) is 0 Å². The van der Waals surface area contributed by atoms with Crippen LogP contribution in [0.5, 0.6) is 0 Å². The number of nitrogens with zero attached hydrogens (tertiary/aromatic N) is 4. The number of hydrogen-bond acceptors (Lipinski definition) is 2. The zero-order valence-electron chi connectivity index (χ0n) is 12.6. The molecule has 4 aromatic rings. The van der Waals surface area contributed by atoms with Crippen LogP contribution in [-0.2, 0) is 6.67 Å². The van der Waals surface area contributed by atoms with E-state index in [0.29, 0.717) is 6.67 Å². The maximum absolute atomic E-state index is 4.61. The van der Waals surface area contributed by atoms with Crippen molar-refractivity contribution in [3.8, 4) is 22.5 Å². The van der Waals surface area contributed by atoms with E-state index in [2.05, 4.69) is 34.5 Å². The molecule has 4 heteroatoms. The average molecular weight is 300 g/mol. The molecule has 0 amide bonds. The van der Waals surface area contributed by atoms with Crippen molar-refractivity contribution in [2.75, 3.05) is 0 Å². The molecule has 4 rings (SSSR count). The Morgan fingerprint density at radius 1 is 0.565 bits per heavy atom. The van der Waals surface area contributed by atoms with Crippen LogP contribution in [0.4, 0.5) is 0 Å². The van der Waals surface area contributed by atoms with E-state index in [1.165, 1.54) is 0 Å². The highest BCUT2D eigenvalue weighted by molar-refractivity contribution is 5.58. The average Bonchev–Trinajstić information content (AvgIpc) is 3.27. The van der Waals surface area contributed by atoms with E-state index in [1.54, 1.807) is 0 Å². The molecule has 0 atom stereocenters. The van der Waals surface area contributed by atoms with Crippen molar-refractivity contribution in [2.45, 2.75) is 6.67 Å². The van der Waals surface area contributed by atoms with Crippen LogP contribution in [0.3, 0.4) is 0 Å². The largest absolute Gasteiger partial charge is 0.250 e. The molecule has 0 aliphatic heterocycles. The summed E-state index contributed by atoms with van der Waals surface area (Å²) < 4.78 is 3.79. The van der Waals surface area contributed by atoms with E-state index in [9.17, 15) is 0 Å². The van der Waals surface area contributed by atoms with Crippen molar-refractivity contribution in [3.05, 3.63) is 85.2 Å². The SMILES string of the molecule is c1ccc(-c2ccn(Cn3ccc(-c4ccccc4)n3)n2)cc1. The van der Waals surface area contributed by atoms with Crippen LogP contribution in [0.25, 0.3) is 22.5 Å². The lowest BCUT2D eigenvalue weighted by molar-refractivity contribution is 0.505. The maximum Gasteiger partial charge on any atom is 0.133 e. The first kappa shape index (κ1) is 13.5. The highest BCUT2D eigenvalue weighted by Gasteiger charge is 2.04. The van der Waals surface area contributed by atoms with Gasteiger partial charge in [0.1, 0.15) is 6.67 Å². The van der Waals surface area contributed by atoms with Crippen LogP contribution in [0.15, 0.2) is 85.2 Å².